The fourth-order valence-corrected chi connectivity index (χ4v) is 1.88. The van der Waals surface area contributed by atoms with E-state index in [-0.39, 0.29) is 6.10 Å². The second-order valence-electron chi connectivity index (χ2n) is 3.59. The van der Waals surface area contributed by atoms with Crippen molar-refractivity contribution in [3.63, 3.8) is 0 Å². The number of thiocarbonyl (C=S) groups is 1. The monoisotopic (exact) mass is 219 g/mol. The van der Waals surface area contributed by atoms with Crippen LogP contribution in [0.1, 0.15) is 12.5 Å². The molecule has 0 aliphatic carbocycles. The summed E-state index contributed by atoms with van der Waals surface area (Å²) in [6.07, 6.45) is 0.00112. The molecule has 0 saturated carbocycles. The predicted octanol–water partition coefficient (Wildman–Crippen LogP) is 2.71. The standard InChI is InChI=1S/C12H13NOS/c1-9-10(2)14-12(15)13(9)8-11-6-4-3-5-7-11/h3-7,10H,1,8H2,2H3. The highest BCUT2D eigenvalue weighted by Crippen LogP contribution is 2.23. The van der Waals surface area contributed by atoms with E-state index >= 15 is 0 Å². The number of ether oxygens (including phenoxy) is 1. The molecule has 0 N–H and O–H groups in total. The highest BCUT2D eigenvalue weighted by Gasteiger charge is 2.28. The summed E-state index contributed by atoms with van der Waals surface area (Å²) in [5.74, 6) is 0. The lowest BCUT2D eigenvalue weighted by Crippen LogP contribution is -2.21. The Bertz CT molecular complexity index is 388. The van der Waals surface area contributed by atoms with Crippen molar-refractivity contribution in [2.75, 3.05) is 0 Å². The van der Waals surface area contributed by atoms with Crippen molar-refractivity contribution in [3.8, 4) is 0 Å². The smallest absolute Gasteiger partial charge is 0.264 e. The van der Waals surface area contributed by atoms with Crippen molar-refractivity contribution in [1.82, 2.24) is 4.90 Å². The summed E-state index contributed by atoms with van der Waals surface area (Å²) >= 11 is 5.14. The van der Waals surface area contributed by atoms with Crippen LogP contribution >= 0.6 is 12.2 Å². The first kappa shape index (κ1) is 10.2. The van der Waals surface area contributed by atoms with Gasteiger partial charge in [-0.1, -0.05) is 36.9 Å². The van der Waals surface area contributed by atoms with Crippen molar-refractivity contribution in [2.24, 2.45) is 0 Å². The van der Waals surface area contributed by atoms with Crippen LogP contribution in [0.2, 0.25) is 0 Å². The third kappa shape index (κ3) is 2.02. The first-order valence-corrected chi connectivity index (χ1v) is 5.30. The number of rotatable bonds is 2. The summed E-state index contributed by atoms with van der Waals surface area (Å²) in [6, 6.07) is 10.2. The Balaban J connectivity index is 2.13. The molecule has 1 unspecified atom stereocenters. The molecule has 3 heteroatoms. The summed E-state index contributed by atoms with van der Waals surface area (Å²) < 4.78 is 5.42. The van der Waals surface area contributed by atoms with Crippen LogP contribution in [0.25, 0.3) is 0 Å². The van der Waals surface area contributed by atoms with Crippen LogP contribution in [0.5, 0.6) is 0 Å². The van der Waals surface area contributed by atoms with Gasteiger partial charge in [-0.2, -0.15) is 0 Å². The summed E-state index contributed by atoms with van der Waals surface area (Å²) in [6.45, 7) is 6.67. The highest BCUT2D eigenvalue weighted by atomic mass is 32.1. The lowest BCUT2D eigenvalue weighted by molar-refractivity contribution is 0.276. The molecule has 2 nitrogen and oxygen atoms in total. The maximum Gasteiger partial charge on any atom is 0.264 e. The van der Waals surface area contributed by atoms with E-state index in [1.54, 1.807) is 0 Å². The van der Waals surface area contributed by atoms with Crippen LogP contribution in [0.4, 0.5) is 0 Å². The van der Waals surface area contributed by atoms with Crippen LogP contribution in [0, 0.1) is 0 Å². The average Bonchev–Trinajstić information content (AvgIpc) is 2.47. The van der Waals surface area contributed by atoms with Gasteiger partial charge in [-0.25, -0.2) is 0 Å². The second-order valence-corrected chi connectivity index (χ2v) is 3.94. The zero-order valence-corrected chi connectivity index (χ0v) is 9.46. The molecule has 78 valence electrons. The predicted molar refractivity (Wildman–Crippen MR) is 64.3 cm³/mol. The van der Waals surface area contributed by atoms with Crippen molar-refractivity contribution < 1.29 is 4.74 Å². The molecule has 0 aromatic heterocycles. The topological polar surface area (TPSA) is 12.5 Å². The molecule has 2 rings (SSSR count). The van der Waals surface area contributed by atoms with Gasteiger partial charge in [0, 0.05) is 0 Å². The van der Waals surface area contributed by atoms with Crippen LogP contribution in [0.3, 0.4) is 0 Å². The Kier molecular flexibility index (Phi) is 2.73. The minimum Gasteiger partial charge on any atom is -0.461 e. The zero-order chi connectivity index (χ0) is 10.8. The van der Waals surface area contributed by atoms with Gasteiger partial charge < -0.3 is 4.74 Å². The summed E-state index contributed by atoms with van der Waals surface area (Å²) in [4.78, 5) is 1.94. The zero-order valence-electron chi connectivity index (χ0n) is 8.64. The van der Waals surface area contributed by atoms with Crippen LogP contribution in [0.15, 0.2) is 42.6 Å². The number of nitrogens with zero attached hydrogens (tertiary/aromatic N) is 1. The van der Waals surface area contributed by atoms with Gasteiger partial charge in [-0.15, -0.1) is 0 Å². The van der Waals surface area contributed by atoms with Crippen molar-refractivity contribution in [1.29, 1.82) is 0 Å². The molecular weight excluding hydrogens is 206 g/mol. The molecule has 0 spiro atoms. The van der Waals surface area contributed by atoms with Crippen LogP contribution < -0.4 is 0 Å². The van der Waals surface area contributed by atoms with Gasteiger partial charge in [0.15, 0.2) is 0 Å². The summed E-state index contributed by atoms with van der Waals surface area (Å²) in [5.41, 5.74) is 2.14. The van der Waals surface area contributed by atoms with Gasteiger partial charge in [0.2, 0.25) is 0 Å². The summed E-state index contributed by atoms with van der Waals surface area (Å²) in [7, 11) is 0. The van der Waals surface area contributed by atoms with E-state index in [4.69, 9.17) is 17.0 Å². The maximum atomic E-state index is 5.42. The van der Waals surface area contributed by atoms with Crippen LogP contribution in [-0.2, 0) is 11.3 Å². The molecule has 1 heterocycles. The number of hydrogen-bond donors (Lipinski definition) is 0. The first-order valence-electron chi connectivity index (χ1n) is 4.89. The lowest BCUT2D eigenvalue weighted by Gasteiger charge is -2.16. The third-order valence-corrected chi connectivity index (χ3v) is 2.81. The van der Waals surface area contributed by atoms with Gasteiger partial charge in [0.1, 0.15) is 6.10 Å². The Hall–Kier alpha value is -1.35. The molecule has 1 atom stereocenters. The van der Waals surface area contributed by atoms with Crippen molar-refractivity contribution >= 4 is 17.4 Å². The molecule has 1 saturated heterocycles. The van der Waals surface area contributed by atoms with Gasteiger partial charge in [0.25, 0.3) is 5.17 Å². The van der Waals surface area contributed by atoms with Gasteiger partial charge in [-0.05, 0) is 24.7 Å². The van der Waals surface area contributed by atoms with E-state index in [1.807, 2.05) is 30.0 Å². The van der Waals surface area contributed by atoms with Gasteiger partial charge in [-0.3, -0.25) is 4.90 Å². The number of hydrogen-bond acceptors (Lipinski definition) is 2. The fraction of sp³-hybridized carbons (Fsp3) is 0.250. The van der Waals surface area contributed by atoms with Gasteiger partial charge >= 0.3 is 0 Å². The van der Waals surface area contributed by atoms with E-state index in [9.17, 15) is 0 Å². The minimum atomic E-state index is 0.00112. The molecule has 0 bridgehead atoms. The highest BCUT2D eigenvalue weighted by molar-refractivity contribution is 7.80. The quantitative estimate of drug-likeness (QED) is 0.710. The van der Waals surface area contributed by atoms with E-state index in [1.165, 1.54) is 5.56 Å². The molecular formula is C12H13NOS. The first-order chi connectivity index (χ1) is 7.18. The van der Waals surface area contributed by atoms with Crippen LogP contribution in [-0.4, -0.2) is 16.2 Å². The molecule has 1 aliphatic rings. The molecule has 1 aliphatic heterocycles. The third-order valence-electron chi connectivity index (χ3n) is 2.50. The molecule has 1 fully saturated rings. The Labute approximate surface area is 95.2 Å². The minimum absolute atomic E-state index is 0.00112. The maximum absolute atomic E-state index is 5.42. The molecule has 1 aromatic rings. The van der Waals surface area contributed by atoms with Gasteiger partial charge in [0.05, 0.1) is 12.2 Å². The Morgan fingerprint density at radius 1 is 1.40 bits per heavy atom. The van der Waals surface area contributed by atoms with Crippen molar-refractivity contribution in [3.05, 3.63) is 48.2 Å². The Morgan fingerprint density at radius 2 is 2.07 bits per heavy atom. The second kappa shape index (κ2) is 4.03. The van der Waals surface area contributed by atoms with E-state index < -0.39 is 0 Å². The lowest BCUT2D eigenvalue weighted by atomic mass is 10.2. The van der Waals surface area contributed by atoms with E-state index in [2.05, 4.69) is 18.7 Å². The SMILES string of the molecule is C=C1C(C)OC(=S)N1Cc1ccccc1. The number of benzene rings is 1. The Morgan fingerprint density at radius 3 is 2.60 bits per heavy atom. The molecule has 15 heavy (non-hydrogen) atoms. The molecule has 1 aromatic carbocycles. The fourth-order valence-electron chi connectivity index (χ4n) is 1.55. The normalized spacial score (nSPS) is 20.6. The van der Waals surface area contributed by atoms with E-state index in [0.29, 0.717) is 5.17 Å². The molecule has 0 radical (unpaired) electrons. The average molecular weight is 219 g/mol. The largest absolute Gasteiger partial charge is 0.461 e. The van der Waals surface area contributed by atoms with Crippen molar-refractivity contribution in [2.45, 2.75) is 19.6 Å². The summed E-state index contributed by atoms with van der Waals surface area (Å²) in [5, 5.41) is 0.524. The molecule has 0 amide bonds. The van der Waals surface area contributed by atoms with E-state index in [0.717, 1.165) is 12.2 Å².